The fraction of sp³-hybridized carbons (Fsp3) is 0.455. The zero-order chi connectivity index (χ0) is 13.3. The number of hydrogen-bond donors (Lipinski definition) is 1. The van der Waals surface area contributed by atoms with Crippen LogP contribution in [0.5, 0.6) is 0 Å². The van der Waals surface area contributed by atoms with Gasteiger partial charge in [0.25, 0.3) is 0 Å². The van der Waals surface area contributed by atoms with E-state index < -0.39 is 15.8 Å². The van der Waals surface area contributed by atoms with Crippen LogP contribution in [0.4, 0.5) is 4.39 Å². The molecule has 7 heteroatoms. The van der Waals surface area contributed by atoms with Crippen molar-refractivity contribution < 1.29 is 12.8 Å². The van der Waals surface area contributed by atoms with Crippen molar-refractivity contribution in [2.75, 3.05) is 13.1 Å². The van der Waals surface area contributed by atoms with Gasteiger partial charge in [-0.2, -0.15) is 4.31 Å². The van der Waals surface area contributed by atoms with Crippen LogP contribution in [0.25, 0.3) is 0 Å². The van der Waals surface area contributed by atoms with Crippen LogP contribution in [-0.2, 0) is 10.0 Å². The second kappa shape index (κ2) is 5.24. The molecule has 1 aliphatic heterocycles. The number of nitrogens with zero attached hydrogens (tertiary/aromatic N) is 1. The molecule has 2 N–H and O–H groups in total. The molecule has 1 heterocycles. The highest BCUT2D eigenvalue weighted by atomic mass is 79.9. The first-order chi connectivity index (χ1) is 8.46. The fourth-order valence-electron chi connectivity index (χ4n) is 2.13. The zero-order valence-corrected chi connectivity index (χ0v) is 12.0. The largest absolute Gasteiger partial charge is 0.329 e. The standard InChI is InChI=1S/C11H14BrFN2O2S/c12-10-4-3-9(6-11(10)13)18(16,17)15-5-1-2-8(15)7-14/h3-4,6,8H,1-2,5,7,14H2/t8-/m1/s1. The second-order valence-corrected chi connectivity index (χ2v) is 6.97. The molecule has 0 amide bonds. The monoisotopic (exact) mass is 336 g/mol. The molecule has 1 fully saturated rings. The summed E-state index contributed by atoms with van der Waals surface area (Å²) in [6, 6.07) is 3.65. The molecule has 0 aromatic heterocycles. The van der Waals surface area contributed by atoms with Crippen LogP contribution in [0.15, 0.2) is 27.6 Å². The van der Waals surface area contributed by atoms with E-state index in [-0.39, 0.29) is 22.0 Å². The Kier molecular flexibility index (Phi) is 4.05. The van der Waals surface area contributed by atoms with Crippen LogP contribution in [0.2, 0.25) is 0 Å². The Labute approximate surface area is 114 Å². The van der Waals surface area contributed by atoms with Crippen LogP contribution in [0.1, 0.15) is 12.8 Å². The molecular weight excluding hydrogens is 323 g/mol. The first-order valence-corrected chi connectivity index (χ1v) is 7.87. The molecular formula is C11H14BrFN2O2S. The predicted molar refractivity (Wildman–Crippen MR) is 70.1 cm³/mol. The number of benzene rings is 1. The van der Waals surface area contributed by atoms with E-state index >= 15 is 0 Å². The van der Waals surface area contributed by atoms with Crippen molar-refractivity contribution in [1.82, 2.24) is 4.31 Å². The van der Waals surface area contributed by atoms with E-state index in [2.05, 4.69) is 15.9 Å². The molecule has 18 heavy (non-hydrogen) atoms. The van der Waals surface area contributed by atoms with Crippen molar-refractivity contribution in [3.63, 3.8) is 0 Å². The summed E-state index contributed by atoms with van der Waals surface area (Å²) >= 11 is 3.00. The minimum atomic E-state index is -3.65. The third kappa shape index (κ3) is 2.45. The first-order valence-electron chi connectivity index (χ1n) is 5.64. The Morgan fingerprint density at radius 2 is 2.22 bits per heavy atom. The summed E-state index contributed by atoms with van der Waals surface area (Å²) in [6.45, 7) is 0.736. The van der Waals surface area contributed by atoms with Crippen molar-refractivity contribution >= 4 is 26.0 Å². The van der Waals surface area contributed by atoms with E-state index in [9.17, 15) is 12.8 Å². The molecule has 0 bridgehead atoms. The summed E-state index contributed by atoms with van der Waals surface area (Å²) in [5.41, 5.74) is 5.57. The SMILES string of the molecule is NC[C@H]1CCCN1S(=O)(=O)c1ccc(Br)c(F)c1. The van der Waals surface area contributed by atoms with Gasteiger partial charge in [-0.05, 0) is 47.0 Å². The lowest BCUT2D eigenvalue weighted by atomic mass is 10.2. The van der Waals surface area contributed by atoms with E-state index in [1.165, 1.54) is 16.4 Å². The summed E-state index contributed by atoms with van der Waals surface area (Å²) in [6.07, 6.45) is 1.55. The average Bonchev–Trinajstić information content (AvgIpc) is 2.81. The Bertz CT molecular complexity index is 550. The number of rotatable bonds is 3. The van der Waals surface area contributed by atoms with E-state index in [0.717, 1.165) is 18.9 Å². The average molecular weight is 337 g/mol. The fourth-order valence-corrected chi connectivity index (χ4v) is 4.10. The molecule has 1 aromatic rings. The van der Waals surface area contributed by atoms with Gasteiger partial charge in [-0.25, -0.2) is 12.8 Å². The number of nitrogens with two attached hydrogens (primary N) is 1. The predicted octanol–water partition coefficient (Wildman–Crippen LogP) is 1.70. The van der Waals surface area contributed by atoms with Crippen LogP contribution in [0.3, 0.4) is 0 Å². The van der Waals surface area contributed by atoms with Crippen molar-refractivity contribution in [3.05, 3.63) is 28.5 Å². The molecule has 1 aliphatic rings. The summed E-state index contributed by atoms with van der Waals surface area (Å²) in [5.74, 6) is -0.584. The van der Waals surface area contributed by atoms with Gasteiger partial charge in [0.15, 0.2) is 0 Å². The molecule has 1 atom stereocenters. The molecule has 1 saturated heterocycles. The van der Waals surface area contributed by atoms with Crippen LogP contribution < -0.4 is 5.73 Å². The molecule has 100 valence electrons. The van der Waals surface area contributed by atoms with Crippen molar-refractivity contribution in [1.29, 1.82) is 0 Å². The van der Waals surface area contributed by atoms with Crippen LogP contribution in [0, 0.1) is 5.82 Å². The lowest BCUT2D eigenvalue weighted by molar-refractivity contribution is 0.392. The minimum Gasteiger partial charge on any atom is -0.329 e. The lowest BCUT2D eigenvalue weighted by Gasteiger charge is -2.22. The van der Waals surface area contributed by atoms with Gasteiger partial charge in [0.2, 0.25) is 10.0 Å². The molecule has 0 radical (unpaired) electrons. The number of hydrogen-bond acceptors (Lipinski definition) is 3. The van der Waals surface area contributed by atoms with E-state index in [0.29, 0.717) is 6.54 Å². The minimum absolute atomic E-state index is 0.0245. The summed E-state index contributed by atoms with van der Waals surface area (Å²) in [7, 11) is -3.65. The van der Waals surface area contributed by atoms with Crippen LogP contribution >= 0.6 is 15.9 Å². The molecule has 0 unspecified atom stereocenters. The summed E-state index contributed by atoms with van der Waals surface area (Å²) < 4.78 is 39.8. The maximum atomic E-state index is 13.4. The van der Waals surface area contributed by atoms with E-state index in [1.807, 2.05) is 0 Å². The number of halogens is 2. The van der Waals surface area contributed by atoms with Crippen molar-refractivity contribution in [3.8, 4) is 0 Å². The molecule has 0 aliphatic carbocycles. The third-order valence-corrected chi connectivity index (χ3v) is 5.68. The maximum Gasteiger partial charge on any atom is 0.243 e. The molecule has 4 nitrogen and oxygen atoms in total. The molecule has 1 aromatic carbocycles. The highest BCUT2D eigenvalue weighted by Gasteiger charge is 2.34. The van der Waals surface area contributed by atoms with Gasteiger partial charge >= 0.3 is 0 Å². The lowest BCUT2D eigenvalue weighted by Crippen LogP contribution is -2.39. The maximum absolute atomic E-state index is 13.4. The van der Waals surface area contributed by atoms with Gasteiger partial charge in [-0.3, -0.25) is 0 Å². The topological polar surface area (TPSA) is 63.4 Å². The van der Waals surface area contributed by atoms with Crippen LogP contribution in [-0.4, -0.2) is 31.9 Å². The third-order valence-electron chi connectivity index (χ3n) is 3.09. The Hall–Kier alpha value is -0.500. The van der Waals surface area contributed by atoms with Gasteiger partial charge in [-0.15, -0.1) is 0 Å². The van der Waals surface area contributed by atoms with Crippen molar-refractivity contribution in [2.24, 2.45) is 5.73 Å². The van der Waals surface area contributed by atoms with Crippen molar-refractivity contribution in [2.45, 2.75) is 23.8 Å². The first kappa shape index (κ1) is 13.9. The molecule has 0 saturated carbocycles. The van der Waals surface area contributed by atoms with Gasteiger partial charge in [0.05, 0.1) is 9.37 Å². The Morgan fingerprint density at radius 3 is 2.83 bits per heavy atom. The Morgan fingerprint density at radius 1 is 1.50 bits per heavy atom. The van der Waals surface area contributed by atoms with E-state index in [1.54, 1.807) is 0 Å². The normalized spacial score (nSPS) is 21.4. The summed E-state index contributed by atoms with van der Waals surface area (Å²) in [5, 5.41) is 0. The second-order valence-electron chi connectivity index (χ2n) is 4.22. The zero-order valence-electron chi connectivity index (χ0n) is 9.64. The van der Waals surface area contributed by atoms with Gasteiger partial charge in [0.1, 0.15) is 5.82 Å². The van der Waals surface area contributed by atoms with E-state index in [4.69, 9.17) is 5.73 Å². The number of sulfonamides is 1. The van der Waals surface area contributed by atoms with Gasteiger partial charge < -0.3 is 5.73 Å². The van der Waals surface area contributed by atoms with Gasteiger partial charge in [0, 0.05) is 19.1 Å². The molecule has 0 spiro atoms. The highest BCUT2D eigenvalue weighted by Crippen LogP contribution is 2.27. The smallest absolute Gasteiger partial charge is 0.243 e. The Balaban J connectivity index is 2.38. The molecule has 2 rings (SSSR count). The van der Waals surface area contributed by atoms with Gasteiger partial charge in [-0.1, -0.05) is 0 Å². The highest BCUT2D eigenvalue weighted by molar-refractivity contribution is 9.10. The summed E-state index contributed by atoms with van der Waals surface area (Å²) in [4.78, 5) is -0.0245. The quantitative estimate of drug-likeness (QED) is 0.913.